The number of likely N-dealkylation sites (tertiary alicyclic amines) is 1. The summed E-state index contributed by atoms with van der Waals surface area (Å²) in [6.07, 6.45) is 13.6. The van der Waals surface area contributed by atoms with Crippen LogP contribution < -0.4 is 5.84 Å². The molecule has 1 heterocycles. The Balaban J connectivity index is 1.73. The van der Waals surface area contributed by atoms with Crippen LogP contribution in [0, 0.1) is 11.8 Å². The Morgan fingerprint density at radius 3 is 2.70 bits per heavy atom. The average molecular weight is 374 g/mol. The van der Waals surface area contributed by atoms with Crippen molar-refractivity contribution >= 4 is 6.09 Å². The van der Waals surface area contributed by atoms with Crippen molar-refractivity contribution < 1.29 is 9.53 Å². The molecule has 1 fully saturated rings. The van der Waals surface area contributed by atoms with E-state index < -0.39 is 0 Å². The van der Waals surface area contributed by atoms with E-state index in [2.05, 4.69) is 33.4 Å². The monoisotopic (exact) mass is 373 g/mol. The zero-order chi connectivity index (χ0) is 19.8. The van der Waals surface area contributed by atoms with Gasteiger partial charge in [-0.05, 0) is 49.2 Å². The van der Waals surface area contributed by atoms with Gasteiger partial charge < -0.3 is 14.6 Å². The lowest BCUT2D eigenvalue weighted by atomic mass is 9.91. The number of carbonyl (C=O) groups excluding carboxylic acids is 1. The topological polar surface area (TPSA) is 58.8 Å². The molecule has 2 rings (SSSR count). The highest BCUT2D eigenvalue weighted by molar-refractivity contribution is 5.68. The third-order valence-electron chi connectivity index (χ3n) is 5.67. The Bertz CT molecular complexity index is 599. The summed E-state index contributed by atoms with van der Waals surface area (Å²) < 4.78 is 5.46. The van der Waals surface area contributed by atoms with Crippen LogP contribution in [0.4, 0.5) is 4.79 Å². The minimum Gasteiger partial charge on any atom is -0.445 e. The predicted octanol–water partition coefficient (Wildman–Crippen LogP) is 4.40. The van der Waals surface area contributed by atoms with Crippen LogP contribution >= 0.6 is 0 Å². The Kier molecular flexibility index (Phi) is 8.17. The van der Waals surface area contributed by atoms with Gasteiger partial charge in [-0.2, -0.15) is 0 Å². The second-order valence-corrected chi connectivity index (χ2v) is 7.94. The number of amides is 1. The van der Waals surface area contributed by atoms with E-state index in [0.29, 0.717) is 31.5 Å². The largest absolute Gasteiger partial charge is 0.445 e. The molecule has 1 unspecified atom stereocenters. The maximum atomic E-state index is 12.3. The highest BCUT2D eigenvalue weighted by Crippen LogP contribution is 2.21. The molecule has 0 radical (unpaired) electrons. The fourth-order valence-corrected chi connectivity index (χ4v) is 3.25. The third-order valence-corrected chi connectivity index (χ3v) is 5.67. The number of hydrazine groups is 1. The van der Waals surface area contributed by atoms with Crippen LogP contribution in [0.5, 0.6) is 0 Å². The van der Waals surface area contributed by atoms with Gasteiger partial charge in [-0.1, -0.05) is 51.2 Å². The molecule has 0 aromatic carbocycles. The Hall–Kier alpha value is -2.01. The van der Waals surface area contributed by atoms with Crippen LogP contribution in [-0.4, -0.2) is 41.7 Å². The Morgan fingerprint density at radius 2 is 2.11 bits per heavy atom. The number of allylic oxidation sites excluding steroid dienone is 5. The molecule has 0 saturated carbocycles. The summed E-state index contributed by atoms with van der Waals surface area (Å²) in [4.78, 5) is 14.0. The number of carbonyl (C=O) groups is 1. The highest BCUT2D eigenvalue weighted by Gasteiger charge is 2.25. The lowest BCUT2D eigenvalue weighted by Crippen LogP contribution is -2.47. The van der Waals surface area contributed by atoms with E-state index in [-0.39, 0.29) is 12.1 Å². The van der Waals surface area contributed by atoms with Gasteiger partial charge in [0.25, 0.3) is 0 Å². The maximum Gasteiger partial charge on any atom is 0.410 e. The van der Waals surface area contributed by atoms with E-state index in [9.17, 15) is 4.79 Å². The van der Waals surface area contributed by atoms with Crippen molar-refractivity contribution in [3.63, 3.8) is 0 Å². The van der Waals surface area contributed by atoms with Crippen molar-refractivity contribution in [2.75, 3.05) is 19.7 Å². The number of piperidine rings is 1. The molecular formula is C22H35N3O2. The predicted molar refractivity (Wildman–Crippen MR) is 111 cm³/mol. The second-order valence-electron chi connectivity index (χ2n) is 7.94. The van der Waals surface area contributed by atoms with Crippen LogP contribution in [0.1, 0.15) is 46.5 Å². The molecule has 150 valence electrons. The van der Waals surface area contributed by atoms with Crippen molar-refractivity contribution in [3.05, 3.63) is 48.2 Å². The van der Waals surface area contributed by atoms with Gasteiger partial charge >= 0.3 is 6.09 Å². The zero-order valence-corrected chi connectivity index (χ0v) is 17.1. The molecule has 1 aliphatic heterocycles. The summed E-state index contributed by atoms with van der Waals surface area (Å²) in [5.41, 5.74) is 2.27. The summed E-state index contributed by atoms with van der Waals surface area (Å²) in [6.45, 7) is 12.5. The van der Waals surface area contributed by atoms with Crippen LogP contribution in [-0.2, 0) is 4.74 Å². The van der Waals surface area contributed by atoms with Crippen LogP contribution in [0.2, 0.25) is 0 Å². The van der Waals surface area contributed by atoms with Gasteiger partial charge in [0.05, 0.1) is 0 Å². The Morgan fingerprint density at radius 1 is 1.41 bits per heavy atom. The van der Waals surface area contributed by atoms with Crippen molar-refractivity contribution in [1.29, 1.82) is 0 Å². The van der Waals surface area contributed by atoms with E-state index in [4.69, 9.17) is 10.6 Å². The number of rotatable bonds is 7. The average Bonchev–Trinajstić information content (AvgIpc) is 2.70. The van der Waals surface area contributed by atoms with E-state index in [1.807, 2.05) is 24.4 Å². The van der Waals surface area contributed by atoms with Crippen LogP contribution in [0.15, 0.2) is 48.2 Å². The first-order valence-corrected chi connectivity index (χ1v) is 10.0. The summed E-state index contributed by atoms with van der Waals surface area (Å²) in [5.74, 6) is 7.20. The molecule has 1 saturated heterocycles. The molecule has 2 N–H and O–H groups in total. The highest BCUT2D eigenvalue weighted by atomic mass is 16.6. The summed E-state index contributed by atoms with van der Waals surface area (Å²) >= 11 is 0. The lowest BCUT2D eigenvalue weighted by molar-refractivity contribution is 0.0861. The van der Waals surface area contributed by atoms with Gasteiger partial charge in [0.15, 0.2) is 0 Å². The molecule has 2 aliphatic rings. The van der Waals surface area contributed by atoms with Gasteiger partial charge in [-0.3, -0.25) is 0 Å². The van der Waals surface area contributed by atoms with E-state index in [0.717, 1.165) is 31.3 Å². The zero-order valence-electron chi connectivity index (χ0n) is 17.1. The van der Waals surface area contributed by atoms with Crippen molar-refractivity contribution in [2.24, 2.45) is 17.7 Å². The van der Waals surface area contributed by atoms with E-state index in [1.165, 1.54) is 5.57 Å². The lowest BCUT2D eigenvalue weighted by Gasteiger charge is -2.35. The summed E-state index contributed by atoms with van der Waals surface area (Å²) in [7, 11) is 0. The first kappa shape index (κ1) is 21.3. The van der Waals surface area contributed by atoms with Gasteiger partial charge in [-0.25, -0.2) is 10.6 Å². The van der Waals surface area contributed by atoms with E-state index in [1.54, 1.807) is 9.91 Å². The molecule has 0 spiro atoms. The smallest absolute Gasteiger partial charge is 0.410 e. The molecule has 1 aliphatic carbocycles. The van der Waals surface area contributed by atoms with Crippen molar-refractivity contribution in [3.8, 4) is 0 Å². The molecular weight excluding hydrogens is 338 g/mol. The maximum absolute atomic E-state index is 12.3. The molecule has 0 bridgehead atoms. The quantitative estimate of drug-likeness (QED) is 0.408. The molecule has 1 atom stereocenters. The fraction of sp³-hybridized carbons (Fsp3) is 0.591. The summed E-state index contributed by atoms with van der Waals surface area (Å²) in [5, 5.41) is 1.76. The minimum atomic E-state index is -0.220. The van der Waals surface area contributed by atoms with Crippen molar-refractivity contribution in [2.45, 2.75) is 52.5 Å². The first-order valence-electron chi connectivity index (χ1n) is 10.0. The summed E-state index contributed by atoms with van der Waals surface area (Å²) in [6, 6.07) is 0.235. The Labute approximate surface area is 164 Å². The first-order chi connectivity index (χ1) is 12.9. The normalized spacial score (nSPS) is 19.3. The molecule has 27 heavy (non-hydrogen) atoms. The van der Waals surface area contributed by atoms with Crippen molar-refractivity contribution in [1.82, 2.24) is 9.91 Å². The number of nitrogens with zero attached hydrogens (tertiary/aromatic N) is 2. The second kappa shape index (κ2) is 10.4. The third kappa shape index (κ3) is 6.58. The van der Waals surface area contributed by atoms with Gasteiger partial charge in [-0.15, -0.1) is 0 Å². The van der Waals surface area contributed by atoms with Gasteiger partial charge in [0.2, 0.25) is 0 Å². The number of hydrogen-bond acceptors (Lipinski definition) is 4. The molecule has 0 aromatic heterocycles. The molecule has 5 heteroatoms. The van der Waals surface area contributed by atoms with E-state index >= 15 is 0 Å². The molecule has 5 nitrogen and oxygen atoms in total. The molecule has 1 amide bonds. The van der Waals surface area contributed by atoms with Crippen LogP contribution in [0.25, 0.3) is 0 Å². The number of nitrogens with two attached hydrogens (primary N) is 1. The minimum absolute atomic E-state index is 0.220. The van der Waals surface area contributed by atoms with Crippen LogP contribution in [0.3, 0.4) is 0 Å². The fourth-order valence-electron chi connectivity index (χ4n) is 3.25. The van der Waals surface area contributed by atoms with Gasteiger partial charge in [0, 0.05) is 25.3 Å². The SMILES string of the molecule is C=C(C=CN(N)C1CCN(C(=O)OCC2=CC=CCC2)CC1)C(C)C(C)C. The van der Waals surface area contributed by atoms with Gasteiger partial charge in [0.1, 0.15) is 6.61 Å². The standard InChI is InChI=1S/C22H35N3O2/c1-17(2)19(4)18(3)10-15-25(23)21-11-13-24(14-12-21)22(26)27-16-20-8-6-5-7-9-20/h5-6,8,10,15,17,19,21H,3,7,9,11-14,16,23H2,1-2,4H3. The molecule has 0 aromatic rings. The number of hydrogen-bond donors (Lipinski definition) is 1. The number of ether oxygens (including phenoxy) is 1.